The number of carboxylic acid groups (broad SMARTS) is 1. The van der Waals surface area contributed by atoms with Gasteiger partial charge in [0.15, 0.2) is 0 Å². The molecule has 7 nitrogen and oxygen atoms in total. The molecular weight excluding hydrogens is 342 g/mol. The van der Waals surface area contributed by atoms with E-state index >= 15 is 0 Å². The second-order valence-electron chi connectivity index (χ2n) is 6.80. The summed E-state index contributed by atoms with van der Waals surface area (Å²) in [6.07, 6.45) is 0.842. The Morgan fingerprint density at radius 1 is 1.28 bits per heavy atom. The van der Waals surface area contributed by atoms with E-state index in [-0.39, 0.29) is 24.3 Å². The molecule has 2 heterocycles. The normalized spacial score (nSPS) is 11.7. The molecule has 0 aliphatic carbocycles. The number of hydrogen-bond donors (Lipinski definition) is 3. The van der Waals surface area contributed by atoms with Crippen molar-refractivity contribution >= 4 is 33.4 Å². The number of H-pyrrole nitrogens is 1. The molecule has 1 amide bonds. The molecule has 2 aromatic heterocycles. The average Bonchev–Trinajstić information content (AvgIpc) is 2.78. The van der Waals surface area contributed by atoms with Crippen LogP contribution in [0.5, 0.6) is 0 Å². The highest BCUT2D eigenvalue weighted by Crippen LogP contribution is 2.25. The molecule has 0 spiro atoms. The van der Waals surface area contributed by atoms with Crippen molar-refractivity contribution in [1.29, 1.82) is 0 Å². The number of aromatic amines is 1. The third-order valence-electron chi connectivity index (χ3n) is 4.12. The van der Waals surface area contributed by atoms with Crippen LogP contribution in [0, 0.1) is 13.8 Å². The second-order valence-corrected chi connectivity index (χ2v) is 8.01. The largest absolute Gasteiger partial charge is 0.481 e. The molecule has 25 heavy (non-hydrogen) atoms. The first-order chi connectivity index (χ1) is 11.6. The number of thiophene rings is 1. The van der Waals surface area contributed by atoms with Crippen LogP contribution in [0.2, 0.25) is 0 Å². The number of carbonyl (C=O) groups excluding carboxylic acids is 1. The molecule has 0 fully saturated rings. The molecule has 0 aliphatic rings. The van der Waals surface area contributed by atoms with E-state index in [0.29, 0.717) is 28.9 Å². The van der Waals surface area contributed by atoms with E-state index in [4.69, 9.17) is 5.11 Å². The molecule has 0 unspecified atom stereocenters. The van der Waals surface area contributed by atoms with Gasteiger partial charge in [0.05, 0.1) is 5.39 Å². The van der Waals surface area contributed by atoms with Crippen molar-refractivity contribution in [3.8, 4) is 0 Å². The Hall–Kier alpha value is -2.22. The van der Waals surface area contributed by atoms with Crippen LogP contribution in [0.4, 0.5) is 0 Å². The Kier molecular flexibility index (Phi) is 5.62. The number of rotatable bonds is 7. The van der Waals surface area contributed by atoms with E-state index in [1.54, 1.807) is 13.8 Å². The summed E-state index contributed by atoms with van der Waals surface area (Å²) in [6, 6.07) is 0. The summed E-state index contributed by atoms with van der Waals surface area (Å²) in [4.78, 5) is 43.9. The zero-order valence-corrected chi connectivity index (χ0v) is 15.7. The first kappa shape index (κ1) is 19.1. The van der Waals surface area contributed by atoms with Crippen molar-refractivity contribution in [2.45, 2.75) is 58.9 Å². The highest BCUT2D eigenvalue weighted by Gasteiger charge is 2.21. The zero-order valence-electron chi connectivity index (χ0n) is 14.9. The summed E-state index contributed by atoms with van der Waals surface area (Å²) in [5, 5.41) is 12.2. The summed E-state index contributed by atoms with van der Waals surface area (Å²) in [7, 11) is 0. The number of carbonyl (C=O) groups is 2. The maximum atomic E-state index is 12.2. The number of aliphatic carboxylic acids is 1. The third kappa shape index (κ3) is 4.88. The van der Waals surface area contributed by atoms with Crippen molar-refractivity contribution in [2.75, 3.05) is 0 Å². The standard InChI is InChI=1S/C17H23N3O4S/c1-9-10(2)25-16-14(9)15(24)18-11(19-16)5-6-12(21)20-17(3,4)8-7-13(22)23/h5-8H2,1-4H3,(H,20,21)(H,22,23)(H,18,19,24). The number of aryl methyl sites for hydroxylation is 3. The number of nitrogens with zero attached hydrogens (tertiary/aromatic N) is 1. The lowest BCUT2D eigenvalue weighted by molar-refractivity contribution is -0.137. The predicted molar refractivity (Wildman–Crippen MR) is 97.1 cm³/mol. The van der Waals surface area contributed by atoms with E-state index < -0.39 is 11.5 Å². The van der Waals surface area contributed by atoms with Crippen LogP contribution in [-0.2, 0) is 16.0 Å². The predicted octanol–water partition coefficient (Wildman–Crippen LogP) is 2.29. The van der Waals surface area contributed by atoms with Crippen LogP contribution in [0.1, 0.15) is 49.4 Å². The first-order valence-electron chi connectivity index (χ1n) is 8.11. The van der Waals surface area contributed by atoms with Crippen molar-refractivity contribution < 1.29 is 14.7 Å². The summed E-state index contributed by atoms with van der Waals surface area (Å²) >= 11 is 1.47. The van der Waals surface area contributed by atoms with Crippen LogP contribution in [-0.4, -0.2) is 32.5 Å². The first-order valence-corrected chi connectivity index (χ1v) is 8.92. The maximum absolute atomic E-state index is 12.2. The van der Waals surface area contributed by atoms with Gasteiger partial charge in [-0.25, -0.2) is 4.98 Å². The molecule has 3 N–H and O–H groups in total. The molecule has 0 saturated carbocycles. The van der Waals surface area contributed by atoms with Gasteiger partial charge in [-0.15, -0.1) is 11.3 Å². The van der Waals surface area contributed by atoms with Crippen LogP contribution in [0.15, 0.2) is 4.79 Å². The SMILES string of the molecule is Cc1sc2nc(CCC(=O)NC(C)(C)CCC(=O)O)[nH]c(=O)c2c1C. The lowest BCUT2D eigenvalue weighted by Crippen LogP contribution is -2.43. The molecule has 2 aromatic rings. The van der Waals surface area contributed by atoms with E-state index in [0.717, 1.165) is 10.4 Å². The molecule has 0 bridgehead atoms. The van der Waals surface area contributed by atoms with Crippen molar-refractivity contribution in [3.63, 3.8) is 0 Å². The van der Waals surface area contributed by atoms with Gasteiger partial charge in [0.1, 0.15) is 10.7 Å². The quantitative estimate of drug-likeness (QED) is 0.697. The van der Waals surface area contributed by atoms with Gasteiger partial charge in [0, 0.05) is 29.7 Å². The lowest BCUT2D eigenvalue weighted by atomic mass is 9.98. The van der Waals surface area contributed by atoms with Gasteiger partial charge in [-0.05, 0) is 39.7 Å². The molecule has 0 aromatic carbocycles. The summed E-state index contributed by atoms with van der Waals surface area (Å²) in [5.74, 6) is -0.604. The Labute approximate surface area is 149 Å². The van der Waals surface area contributed by atoms with E-state index in [9.17, 15) is 14.4 Å². The Morgan fingerprint density at radius 2 is 1.96 bits per heavy atom. The molecule has 0 atom stereocenters. The number of amides is 1. The number of fused-ring (bicyclic) bond motifs is 1. The van der Waals surface area contributed by atoms with Crippen molar-refractivity contribution in [3.05, 3.63) is 26.6 Å². The van der Waals surface area contributed by atoms with Gasteiger partial charge >= 0.3 is 5.97 Å². The second kappa shape index (κ2) is 7.35. The number of hydrogen-bond acceptors (Lipinski definition) is 5. The van der Waals surface area contributed by atoms with E-state index in [1.807, 2.05) is 13.8 Å². The molecule has 0 saturated heterocycles. The van der Waals surface area contributed by atoms with Gasteiger partial charge in [-0.3, -0.25) is 14.4 Å². The maximum Gasteiger partial charge on any atom is 0.303 e. The molecule has 136 valence electrons. The summed E-state index contributed by atoms with van der Waals surface area (Å²) in [5.41, 5.74) is 0.171. The summed E-state index contributed by atoms with van der Waals surface area (Å²) in [6.45, 7) is 7.43. The average molecular weight is 365 g/mol. The minimum absolute atomic E-state index is 0.00406. The Morgan fingerprint density at radius 3 is 2.60 bits per heavy atom. The fourth-order valence-electron chi connectivity index (χ4n) is 2.57. The minimum atomic E-state index is -0.890. The topological polar surface area (TPSA) is 112 Å². The van der Waals surface area contributed by atoms with Crippen LogP contribution < -0.4 is 10.9 Å². The monoisotopic (exact) mass is 365 g/mol. The van der Waals surface area contributed by atoms with Crippen LogP contribution in [0.25, 0.3) is 10.2 Å². The summed E-state index contributed by atoms with van der Waals surface area (Å²) < 4.78 is 0. The van der Waals surface area contributed by atoms with Gasteiger partial charge in [-0.1, -0.05) is 0 Å². The highest BCUT2D eigenvalue weighted by molar-refractivity contribution is 7.18. The highest BCUT2D eigenvalue weighted by atomic mass is 32.1. The Bertz CT molecular complexity index is 867. The lowest BCUT2D eigenvalue weighted by Gasteiger charge is -2.25. The number of carboxylic acids is 1. The zero-order chi connectivity index (χ0) is 18.8. The van der Waals surface area contributed by atoms with Crippen molar-refractivity contribution in [2.24, 2.45) is 0 Å². The molecule has 2 rings (SSSR count). The Balaban J connectivity index is 2.01. The molecule has 0 radical (unpaired) electrons. The third-order valence-corrected chi connectivity index (χ3v) is 5.22. The van der Waals surface area contributed by atoms with Gasteiger partial charge in [-0.2, -0.15) is 0 Å². The van der Waals surface area contributed by atoms with Crippen LogP contribution in [0.3, 0.4) is 0 Å². The molecular formula is C17H23N3O4S. The smallest absolute Gasteiger partial charge is 0.303 e. The van der Waals surface area contributed by atoms with E-state index in [1.165, 1.54) is 11.3 Å². The minimum Gasteiger partial charge on any atom is -0.481 e. The number of nitrogens with one attached hydrogen (secondary N) is 2. The fourth-order valence-corrected chi connectivity index (χ4v) is 3.62. The number of aromatic nitrogens is 2. The van der Waals surface area contributed by atoms with Gasteiger partial charge in [0.2, 0.25) is 5.91 Å². The van der Waals surface area contributed by atoms with Gasteiger partial charge < -0.3 is 15.4 Å². The van der Waals surface area contributed by atoms with E-state index in [2.05, 4.69) is 15.3 Å². The van der Waals surface area contributed by atoms with Crippen LogP contribution >= 0.6 is 11.3 Å². The van der Waals surface area contributed by atoms with Crippen molar-refractivity contribution in [1.82, 2.24) is 15.3 Å². The molecule has 0 aliphatic heterocycles. The van der Waals surface area contributed by atoms with Gasteiger partial charge in [0.25, 0.3) is 5.56 Å². The fraction of sp³-hybridized carbons (Fsp3) is 0.529. The molecule has 8 heteroatoms.